The number of methoxy groups -OCH3 is 1. The van der Waals surface area contributed by atoms with E-state index in [0.717, 1.165) is 12.1 Å². The van der Waals surface area contributed by atoms with Crippen molar-refractivity contribution in [2.45, 2.75) is 0 Å². The maximum Gasteiger partial charge on any atom is 0.255 e. The molecule has 0 heterocycles. The third kappa shape index (κ3) is 4.50. The van der Waals surface area contributed by atoms with Crippen LogP contribution in [0.15, 0.2) is 66.7 Å². The molecule has 7 heteroatoms. The second kappa shape index (κ2) is 8.30. The van der Waals surface area contributed by atoms with Crippen molar-refractivity contribution in [3.05, 3.63) is 89.5 Å². The number of ether oxygens (including phenoxy) is 1. The van der Waals surface area contributed by atoms with E-state index in [1.165, 1.54) is 37.4 Å². The van der Waals surface area contributed by atoms with Gasteiger partial charge in [-0.15, -0.1) is 0 Å². The van der Waals surface area contributed by atoms with Crippen LogP contribution < -0.4 is 15.4 Å². The van der Waals surface area contributed by atoms with E-state index in [9.17, 15) is 18.4 Å². The number of hydrogen-bond donors (Lipinski definition) is 2. The van der Waals surface area contributed by atoms with Gasteiger partial charge in [-0.3, -0.25) is 9.59 Å². The van der Waals surface area contributed by atoms with Crippen LogP contribution >= 0.6 is 0 Å². The van der Waals surface area contributed by atoms with Crippen molar-refractivity contribution >= 4 is 23.2 Å². The lowest BCUT2D eigenvalue weighted by molar-refractivity contribution is 0.101. The Morgan fingerprint density at radius 1 is 0.750 bits per heavy atom. The van der Waals surface area contributed by atoms with Crippen LogP contribution in [0, 0.1) is 11.6 Å². The number of carbonyl (C=O) groups excluding carboxylic acids is 2. The van der Waals surface area contributed by atoms with Crippen molar-refractivity contribution in [2.24, 2.45) is 0 Å². The Morgan fingerprint density at radius 2 is 1.32 bits per heavy atom. The normalized spacial score (nSPS) is 10.2. The fourth-order valence-corrected chi connectivity index (χ4v) is 2.45. The minimum Gasteiger partial charge on any atom is -0.497 e. The molecule has 2 N–H and O–H groups in total. The molecule has 2 amide bonds. The summed E-state index contributed by atoms with van der Waals surface area (Å²) in [6, 6.07) is 15.9. The smallest absolute Gasteiger partial charge is 0.255 e. The first-order chi connectivity index (χ1) is 13.5. The van der Waals surface area contributed by atoms with Gasteiger partial charge in [0.1, 0.15) is 5.75 Å². The van der Waals surface area contributed by atoms with E-state index in [4.69, 9.17) is 4.74 Å². The minimum atomic E-state index is -1.05. The van der Waals surface area contributed by atoms with Gasteiger partial charge < -0.3 is 15.4 Å². The summed E-state index contributed by atoms with van der Waals surface area (Å²) in [6.45, 7) is 0. The van der Waals surface area contributed by atoms with Crippen molar-refractivity contribution in [3.63, 3.8) is 0 Å². The molecule has 28 heavy (non-hydrogen) atoms. The maximum absolute atomic E-state index is 13.2. The number of amides is 2. The Bertz CT molecular complexity index is 1020. The third-order valence-electron chi connectivity index (χ3n) is 3.91. The minimum absolute atomic E-state index is 0.128. The molecule has 0 saturated heterocycles. The van der Waals surface area contributed by atoms with Crippen molar-refractivity contribution < 1.29 is 23.1 Å². The van der Waals surface area contributed by atoms with Crippen LogP contribution in [0.2, 0.25) is 0 Å². The molecule has 0 aromatic heterocycles. The van der Waals surface area contributed by atoms with Crippen LogP contribution in [0.25, 0.3) is 0 Å². The molecular weight excluding hydrogens is 366 g/mol. The molecule has 0 fully saturated rings. The summed E-state index contributed by atoms with van der Waals surface area (Å²) >= 11 is 0. The average Bonchev–Trinajstić information content (AvgIpc) is 2.71. The largest absolute Gasteiger partial charge is 0.497 e. The highest BCUT2D eigenvalue weighted by atomic mass is 19.2. The summed E-state index contributed by atoms with van der Waals surface area (Å²) < 4.78 is 31.3. The second-order valence-electron chi connectivity index (χ2n) is 5.85. The standard InChI is InChI=1S/C21H16F2N2O3/c1-28-17-4-2-3-15(11-17)24-20(26)13-5-7-14(8-6-13)21(27)25-16-9-10-18(22)19(23)12-16/h2-12H,1H3,(H,24,26)(H,25,27). The van der Waals surface area contributed by atoms with E-state index < -0.39 is 17.5 Å². The van der Waals surface area contributed by atoms with E-state index in [1.807, 2.05) is 0 Å². The SMILES string of the molecule is COc1cccc(NC(=O)c2ccc(C(=O)Nc3ccc(F)c(F)c3)cc2)c1. The molecule has 0 aliphatic rings. The van der Waals surface area contributed by atoms with E-state index in [-0.39, 0.29) is 17.2 Å². The van der Waals surface area contributed by atoms with Gasteiger partial charge in [0.25, 0.3) is 11.8 Å². The summed E-state index contributed by atoms with van der Waals surface area (Å²) in [7, 11) is 1.53. The highest BCUT2D eigenvalue weighted by molar-refractivity contribution is 6.07. The van der Waals surface area contributed by atoms with Crippen molar-refractivity contribution in [3.8, 4) is 5.75 Å². The summed E-state index contributed by atoms with van der Waals surface area (Å²) in [5.74, 6) is -2.29. The lowest BCUT2D eigenvalue weighted by Crippen LogP contribution is -2.14. The number of benzene rings is 3. The molecule has 0 unspecified atom stereocenters. The van der Waals surface area contributed by atoms with E-state index in [2.05, 4.69) is 10.6 Å². The van der Waals surface area contributed by atoms with Gasteiger partial charge in [-0.1, -0.05) is 6.07 Å². The van der Waals surface area contributed by atoms with Crippen LogP contribution in [0.3, 0.4) is 0 Å². The van der Waals surface area contributed by atoms with Gasteiger partial charge in [-0.05, 0) is 48.5 Å². The summed E-state index contributed by atoms with van der Waals surface area (Å²) in [4.78, 5) is 24.5. The second-order valence-corrected chi connectivity index (χ2v) is 5.85. The van der Waals surface area contributed by atoms with Crippen LogP contribution in [-0.2, 0) is 0 Å². The van der Waals surface area contributed by atoms with Crippen LogP contribution in [-0.4, -0.2) is 18.9 Å². The van der Waals surface area contributed by atoms with Crippen molar-refractivity contribution in [2.75, 3.05) is 17.7 Å². The molecular formula is C21H16F2N2O3. The molecule has 0 spiro atoms. The zero-order valence-electron chi connectivity index (χ0n) is 14.8. The third-order valence-corrected chi connectivity index (χ3v) is 3.91. The molecule has 3 aromatic carbocycles. The molecule has 142 valence electrons. The summed E-state index contributed by atoms with van der Waals surface area (Å²) in [5, 5.41) is 5.20. The molecule has 0 aliphatic heterocycles. The van der Waals surface area contributed by atoms with Gasteiger partial charge in [0, 0.05) is 34.6 Å². The number of halogens is 2. The van der Waals surface area contributed by atoms with Crippen LogP contribution in [0.4, 0.5) is 20.2 Å². The highest BCUT2D eigenvalue weighted by Gasteiger charge is 2.11. The first kappa shape index (κ1) is 19.0. The Morgan fingerprint density at radius 3 is 1.86 bits per heavy atom. The number of nitrogens with one attached hydrogen (secondary N) is 2. The fraction of sp³-hybridized carbons (Fsp3) is 0.0476. The molecule has 3 aromatic rings. The number of carbonyl (C=O) groups is 2. The van der Waals surface area contributed by atoms with E-state index in [1.54, 1.807) is 24.3 Å². The van der Waals surface area contributed by atoms with E-state index >= 15 is 0 Å². The Kier molecular flexibility index (Phi) is 5.64. The zero-order chi connectivity index (χ0) is 20.1. The first-order valence-corrected chi connectivity index (χ1v) is 8.28. The predicted octanol–water partition coefficient (Wildman–Crippen LogP) is 4.48. The van der Waals surface area contributed by atoms with Crippen LogP contribution in [0.5, 0.6) is 5.75 Å². The van der Waals surface area contributed by atoms with Crippen LogP contribution in [0.1, 0.15) is 20.7 Å². The lowest BCUT2D eigenvalue weighted by Gasteiger charge is -2.08. The van der Waals surface area contributed by atoms with Gasteiger partial charge in [0.05, 0.1) is 7.11 Å². The molecule has 0 atom stereocenters. The first-order valence-electron chi connectivity index (χ1n) is 8.28. The number of anilines is 2. The molecule has 0 aliphatic carbocycles. The number of hydrogen-bond acceptors (Lipinski definition) is 3. The topological polar surface area (TPSA) is 67.4 Å². The zero-order valence-corrected chi connectivity index (χ0v) is 14.8. The van der Waals surface area contributed by atoms with Gasteiger partial charge in [0.2, 0.25) is 0 Å². The Balaban J connectivity index is 1.67. The molecule has 3 rings (SSSR count). The Hall–Kier alpha value is -3.74. The van der Waals surface area contributed by atoms with Crippen molar-refractivity contribution in [1.29, 1.82) is 0 Å². The Labute approximate surface area is 160 Å². The van der Waals surface area contributed by atoms with Gasteiger partial charge in [-0.25, -0.2) is 8.78 Å². The van der Waals surface area contributed by atoms with Gasteiger partial charge in [-0.2, -0.15) is 0 Å². The fourth-order valence-electron chi connectivity index (χ4n) is 2.45. The predicted molar refractivity (Wildman–Crippen MR) is 102 cm³/mol. The average molecular weight is 382 g/mol. The summed E-state index contributed by atoms with van der Waals surface area (Å²) in [5.41, 5.74) is 1.32. The van der Waals surface area contributed by atoms with Gasteiger partial charge >= 0.3 is 0 Å². The van der Waals surface area contributed by atoms with Gasteiger partial charge in [0.15, 0.2) is 11.6 Å². The maximum atomic E-state index is 13.2. The molecule has 0 radical (unpaired) electrons. The quantitative estimate of drug-likeness (QED) is 0.684. The lowest BCUT2D eigenvalue weighted by atomic mass is 10.1. The summed E-state index contributed by atoms with van der Waals surface area (Å²) in [6.07, 6.45) is 0. The monoisotopic (exact) mass is 382 g/mol. The van der Waals surface area contributed by atoms with E-state index in [0.29, 0.717) is 17.0 Å². The molecule has 0 saturated carbocycles. The molecule has 5 nitrogen and oxygen atoms in total. The highest BCUT2D eigenvalue weighted by Crippen LogP contribution is 2.18. The number of rotatable bonds is 5. The van der Waals surface area contributed by atoms with Crippen molar-refractivity contribution in [1.82, 2.24) is 0 Å². The molecule has 0 bridgehead atoms.